The van der Waals surface area contributed by atoms with Crippen LogP contribution in [0.2, 0.25) is 0 Å². The minimum Gasteiger partial charge on any atom is -0.412 e. The number of benzene rings is 6. The predicted molar refractivity (Wildman–Crippen MR) is 362 cm³/mol. The van der Waals surface area contributed by atoms with Crippen LogP contribution in [-0.2, 0) is 78.1 Å². The number of hydrogen-bond acceptors (Lipinski definition) is 6. The Kier molecular flexibility index (Phi) is 19.4. The molecule has 6 rings (SSSR count). The van der Waals surface area contributed by atoms with Crippen molar-refractivity contribution in [3.05, 3.63) is 164 Å². The van der Waals surface area contributed by atoms with Gasteiger partial charge in [-0.3, -0.25) is 0 Å². The molecule has 0 fully saturated rings. The van der Waals surface area contributed by atoms with Crippen LogP contribution in [0.15, 0.2) is 97.1 Å². The van der Waals surface area contributed by atoms with Gasteiger partial charge < -0.3 is 18.1 Å². The summed E-state index contributed by atoms with van der Waals surface area (Å²) in [7, 11) is -8.50. The molecule has 6 nitrogen and oxygen atoms in total. The fraction of sp³-hybridized carbons (Fsp3) is 0.526. The maximum atomic E-state index is 16.6. The van der Waals surface area contributed by atoms with Gasteiger partial charge in [-0.1, -0.05) is 267 Å². The Balaban J connectivity index is 1.58. The lowest BCUT2D eigenvalue weighted by molar-refractivity contribution is 0.382. The fourth-order valence-electron chi connectivity index (χ4n) is 10.6. The molecule has 0 radical (unpaired) electrons. The van der Waals surface area contributed by atoms with Gasteiger partial charge in [0.2, 0.25) is 0 Å². The Hall–Kier alpha value is -5.02. The first-order valence-electron chi connectivity index (χ1n) is 31.1. The van der Waals surface area contributed by atoms with Gasteiger partial charge in [-0.25, -0.2) is 9.13 Å². The SMILES string of the molecule is CCc1cc(C(C)(C)C)cc(C(C)(C)C)c1OP(=O)(Oc1c(CC)cc(C(C)(C)C)cc1C(C)(C)C)c1ccc(-c2ccc(P(=O)(Oc3c(CC)cc(C(C)(C)C)cc3C(C)(C)C)Oc3c(CC)cc(C(C)(C)C)cc3C(C)(C)C)cc2)cc1. The molecular formula is C76H108O6P2. The first-order chi connectivity index (χ1) is 38.2. The van der Waals surface area contributed by atoms with Crippen molar-refractivity contribution >= 4 is 25.8 Å². The van der Waals surface area contributed by atoms with E-state index >= 15 is 9.13 Å². The van der Waals surface area contributed by atoms with Gasteiger partial charge >= 0.3 is 15.2 Å². The van der Waals surface area contributed by atoms with Crippen LogP contribution in [-0.4, -0.2) is 0 Å². The molecule has 0 atom stereocenters. The Bertz CT molecular complexity index is 3020. The van der Waals surface area contributed by atoms with E-state index in [0.29, 0.717) is 59.3 Å². The first-order valence-corrected chi connectivity index (χ1v) is 34.2. The Morgan fingerprint density at radius 2 is 0.452 bits per heavy atom. The molecule has 0 aliphatic rings. The molecule has 0 heterocycles. The second-order valence-electron chi connectivity index (χ2n) is 31.9. The van der Waals surface area contributed by atoms with Gasteiger partial charge in [0.25, 0.3) is 0 Å². The van der Waals surface area contributed by atoms with E-state index < -0.39 is 15.2 Å². The van der Waals surface area contributed by atoms with E-state index in [4.69, 9.17) is 18.1 Å². The lowest BCUT2D eigenvalue weighted by atomic mass is 9.78. The molecule has 8 heteroatoms. The third-order valence-electron chi connectivity index (χ3n) is 16.4. The summed E-state index contributed by atoms with van der Waals surface area (Å²) in [6.45, 7) is 61.6. The van der Waals surface area contributed by atoms with E-state index in [9.17, 15) is 0 Å². The fourth-order valence-corrected chi connectivity index (χ4v) is 13.9. The van der Waals surface area contributed by atoms with E-state index in [-0.39, 0.29) is 43.3 Å². The van der Waals surface area contributed by atoms with Gasteiger partial charge in [-0.2, -0.15) is 0 Å². The second-order valence-corrected chi connectivity index (χ2v) is 35.7. The van der Waals surface area contributed by atoms with Crippen LogP contribution in [0.3, 0.4) is 0 Å². The average Bonchev–Trinajstić information content (AvgIpc) is 0.988. The van der Waals surface area contributed by atoms with Crippen molar-refractivity contribution in [3.63, 3.8) is 0 Å². The van der Waals surface area contributed by atoms with Gasteiger partial charge in [-0.05, 0) is 149 Å². The van der Waals surface area contributed by atoms with E-state index in [1.807, 2.05) is 48.5 Å². The van der Waals surface area contributed by atoms with Gasteiger partial charge in [0.15, 0.2) is 0 Å². The Labute approximate surface area is 511 Å². The molecule has 0 aromatic heterocycles. The van der Waals surface area contributed by atoms with Crippen LogP contribution in [0.25, 0.3) is 11.1 Å². The molecule has 0 saturated carbocycles. The zero-order valence-electron chi connectivity index (χ0n) is 57.4. The molecule has 0 amide bonds. The summed E-state index contributed by atoms with van der Waals surface area (Å²) in [4.78, 5) is 0. The molecule has 0 bridgehead atoms. The maximum absolute atomic E-state index is 16.6. The molecule has 458 valence electrons. The topological polar surface area (TPSA) is 71.1 Å². The maximum Gasteiger partial charge on any atom is 0.462 e. The molecule has 0 spiro atoms. The van der Waals surface area contributed by atoms with Gasteiger partial charge in [0.05, 0.1) is 10.6 Å². The smallest absolute Gasteiger partial charge is 0.412 e. The largest absolute Gasteiger partial charge is 0.462 e. The van der Waals surface area contributed by atoms with Crippen LogP contribution in [0.1, 0.15) is 261 Å². The molecule has 84 heavy (non-hydrogen) atoms. The standard InChI is InChI=1S/C76H108O6P2/c1-29-49-41-55(69(5,6)7)45-61(73(17,18)19)65(49)79-83(77,80-66-50(30-2)42-56(70(8,9)10)46-62(66)74(20,21)22)59-37-33-53(34-38-59)54-35-39-60(40-36-54)84(78,81-67-51(31-3)43-57(71(11,12)13)47-63(67)75(23,24)25)82-68-52(32-4)44-58(72(14,15)16)48-64(68)76(26,27)28/h33-48H,29-32H2,1-28H3. The lowest BCUT2D eigenvalue weighted by Gasteiger charge is -2.33. The molecule has 0 aliphatic heterocycles. The summed E-state index contributed by atoms with van der Waals surface area (Å²) < 4.78 is 62.1. The van der Waals surface area contributed by atoms with Gasteiger partial charge in [0.1, 0.15) is 23.0 Å². The van der Waals surface area contributed by atoms with E-state index in [1.54, 1.807) is 0 Å². The molecule has 0 N–H and O–H groups in total. The number of rotatable bonds is 15. The third kappa shape index (κ3) is 15.2. The minimum absolute atomic E-state index is 0.125. The van der Waals surface area contributed by atoms with Crippen LogP contribution < -0.4 is 28.7 Å². The normalized spacial score (nSPS) is 13.5. The Morgan fingerprint density at radius 1 is 0.274 bits per heavy atom. The summed E-state index contributed by atoms with van der Waals surface area (Å²) >= 11 is 0. The summed E-state index contributed by atoms with van der Waals surface area (Å²) in [6.07, 6.45) is 2.71. The van der Waals surface area contributed by atoms with E-state index in [0.717, 1.165) is 55.6 Å². The van der Waals surface area contributed by atoms with Crippen molar-refractivity contribution in [2.45, 2.75) is 263 Å². The molecule has 6 aromatic carbocycles. The summed E-state index contributed by atoms with van der Waals surface area (Å²) in [5, 5.41) is 0.881. The summed E-state index contributed by atoms with van der Waals surface area (Å²) in [6, 6.07) is 33.3. The van der Waals surface area contributed by atoms with Crippen LogP contribution in [0, 0.1) is 0 Å². The van der Waals surface area contributed by atoms with Crippen LogP contribution >= 0.6 is 15.2 Å². The van der Waals surface area contributed by atoms with Crippen molar-refractivity contribution in [3.8, 4) is 34.1 Å². The molecule has 0 aliphatic carbocycles. The molecular weight excluding hydrogens is 1070 g/mol. The Morgan fingerprint density at radius 3 is 0.595 bits per heavy atom. The van der Waals surface area contributed by atoms with Crippen molar-refractivity contribution in [1.82, 2.24) is 0 Å². The van der Waals surface area contributed by atoms with E-state index in [1.165, 1.54) is 22.3 Å². The molecule has 0 unspecified atom stereocenters. The molecule has 0 saturated heterocycles. The monoisotopic (exact) mass is 1180 g/mol. The third-order valence-corrected chi connectivity index (χ3v) is 20.0. The van der Waals surface area contributed by atoms with Crippen LogP contribution in [0.5, 0.6) is 23.0 Å². The van der Waals surface area contributed by atoms with Crippen molar-refractivity contribution in [1.29, 1.82) is 0 Å². The first kappa shape index (κ1) is 68.1. The summed E-state index contributed by atoms with van der Waals surface area (Å²) in [5.74, 6) is 2.42. The van der Waals surface area contributed by atoms with Gasteiger partial charge in [0, 0.05) is 22.3 Å². The number of aryl methyl sites for hydroxylation is 4. The van der Waals surface area contributed by atoms with Crippen molar-refractivity contribution < 1.29 is 27.2 Å². The zero-order chi connectivity index (χ0) is 63.5. The highest BCUT2D eigenvalue weighted by atomic mass is 31.2. The highest BCUT2D eigenvalue weighted by molar-refractivity contribution is 7.63. The van der Waals surface area contributed by atoms with Crippen molar-refractivity contribution in [2.75, 3.05) is 0 Å². The minimum atomic E-state index is -4.25. The summed E-state index contributed by atoms with van der Waals surface area (Å²) in [5.41, 5.74) is 12.5. The average molecular weight is 1180 g/mol. The van der Waals surface area contributed by atoms with Crippen molar-refractivity contribution in [2.24, 2.45) is 0 Å². The number of hydrogen-bond donors (Lipinski definition) is 0. The van der Waals surface area contributed by atoms with Gasteiger partial charge in [-0.15, -0.1) is 0 Å². The second kappa shape index (κ2) is 23.9. The van der Waals surface area contributed by atoms with Crippen LogP contribution in [0.4, 0.5) is 0 Å². The quantitative estimate of drug-likeness (QED) is 0.0954. The molecule has 6 aromatic rings. The van der Waals surface area contributed by atoms with E-state index in [2.05, 4.69) is 242 Å². The highest BCUT2D eigenvalue weighted by Crippen LogP contribution is 2.57. The highest BCUT2D eigenvalue weighted by Gasteiger charge is 2.41. The lowest BCUT2D eigenvalue weighted by Crippen LogP contribution is -2.23. The predicted octanol–water partition coefficient (Wildman–Crippen LogP) is 21.9. The zero-order valence-corrected chi connectivity index (χ0v) is 59.2.